The number of nitrogens with zero attached hydrogens (tertiary/aromatic N) is 3. The number of para-hydroxylation sites is 1. The molecule has 0 spiro atoms. The second-order valence-electron chi connectivity index (χ2n) is 3.00. The molecule has 2 rings (SSSR count). The van der Waals surface area contributed by atoms with Crippen molar-refractivity contribution in [2.24, 2.45) is 7.05 Å². The third kappa shape index (κ3) is 1.81. The standard InChI is InChI=1S/C11H9N3O/c1-14-11(6-7-13-14)15-10-5-3-2-4-9(10)8-12/h2-7H,1H3. The van der Waals surface area contributed by atoms with E-state index in [1.54, 1.807) is 42.2 Å². The number of aryl methyl sites for hydroxylation is 1. The Balaban J connectivity index is 2.33. The fraction of sp³-hybridized carbons (Fsp3) is 0.0909. The molecule has 0 saturated heterocycles. The smallest absolute Gasteiger partial charge is 0.217 e. The Hall–Kier alpha value is -2.28. The summed E-state index contributed by atoms with van der Waals surface area (Å²) in [5.74, 6) is 1.15. The van der Waals surface area contributed by atoms with Crippen molar-refractivity contribution in [3.63, 3.8) is 0 Å². The molecule has 0 unspecified atom stereocenters. The molecule has 74 valence electrons. The van der Waals surface area contributed by atoms with Crippen molar-refractivity contribution in [1.82, 2.24) is 9.78 Å². The Morgan fingerprint density at radius 2 is 2.13 bits per heavy atom. The number of hydrogen-bond donors (Lipinski definition) is 0. The molecule has 0 radical (unpaired) electrons. The minimum absolute atomic E-state index is 0.513. The van der Waals surface area contributed by atoms with Crippen LogP contribution in [0, 0.1) is 11.3 Å². The average molecular weight is 199 g/mol. The molecule has 1 aromatic heterocycles. The van der Waals surface area contributed by atoms with E-state index in [4.69, 9.17) is 10.00 Å². The molecule has 0 aliphatic heterocycles. The Labute approximate surface area is 87.3 Å². The zero-order valence-electron chi connectivity index (χ0n) is 8.21. The Morgan fingerprint density at radius 1 is 1.33 bits per heavy atom. The van der Waals surface area contributed by atoms with Gasteiger partial charge >= 0.3 is 0 Å². The van der Waals surface area contributed by atoms with Gasteiger partial charge in [-0.1, -0.05) is 12.1 Å². The van der Waals surface area contributed by atoms with Crippen molar-refractivity contribution in [2.45, 2.75) is 0 Å². The van der Waals surface area contributed by atoms with Crippen LogP contribution in [0.4, 0.5) is 0 Å². The quantitative estimate of drug-likeness (QED) is 0.744. The van der Waals surface area contributed by atoms with Gasteiger partial charge in [0.1, 0.15) is 11.8 Å². The number of aromatic nitrogens is 2. The topological polar surface area (TPSA) is 50.8 Å². The lowest BCUT2D eigenvalue weighted by molar-refractivity contribution is 0.429. The first-order chi connectivity index (χ1) is 7.31. The van der Waals surface area contributed by atoms with Gasteiger partial charge in [0.2, 0.25) is 5.88 Å². The summed E-state index contributed by atoms with van der Waals surface area (Å²) in [4.78, 5) is 0. The number of ether oxygens (including phenoxy) is 1. The summed E-state index contributed by atoms with van der Waals surface area (Å²) in [5.41, 5.74) is 0.513. The van der Waals surface area contributed by atoms with Crippen molar-refractivity contribution in [3.8, 4) is 17.7 Å². The van der Waals surface area contributed by atoms with Crippen LogP contribution >= 0.6 is 0 Å². The van der Waals surface area contributed by atoms with Crippen LogP contribution < -0.4 is 4.74 Å². The summed E-state index contributed by atoms with van der Waals surface area (Å²) in [6.07, 6.45) is 1.64. The highest BCUT2D eigenvalue weighted by Gasteiger charge is 2.05. The molecule has 0 aliphatic rings. The molecule has 2 aromatic rings. The van der Waals surface area contributed by atoms with Crippen LogP contribution in [0.5, 0.6) is 11.6 Å². The van der Waals surface area contributed by atoms with Gasteiger partial charge in [-0.2, -0.15) is 10.4 Å². The number of benzene rings is 1. The fourth-order valence-electron chi connectivity index (χ4n) is 1.22. The molecule has 0 fully saturated rings. The number of nitriles is 1. The lowest BCUT2D eigenvalue weighted by Crippen LogP contribution is -1.95. The van der Waals surface area contributed by atoms with Gasteiger partial charge in [-0.3, -0.25) is 0 Å². The molecule has 0 aliphatic carbocycles. The molecule has 4 heteroatoms. The van der Waals surface area contributed by atoms with Gasteiger partial charge in [0, 0.05) is 13.1 Å². The van der Waals surface area contributed by atoms with Gasteiger partial charge in [-0.25, -0.2) is 4.68 Å². The number of hydrogen-bond acceptors (Lipinski definition) is 3. The second-order valence-corrected chi connectivity index (χ2v) is 3.00. The molecule has 15 heavy (non-hydrogen) atoms. The zero-order chi connectivity index (χ0) is 10.7. The molecule has 0 N–H and O–H groups in total. The van der Waals surface area contributed by atoms with Crippen LogP contribution in [0.15, 0.2) is 36.5 Å². The molecule has 4 nitrogen and oxygen atoms in total. The van der Waals surface area contributed by atoms with Crippen molar-refractivity contribution >= 4 is 0 Å². The summed E-state index contributed by atoms with van der Waals surface area (Å²) in [5, 5.41) is 12.8. The molecule has 1 heterocycles. The molecule has 0 amide bonds. The van der Waals surface area contributed by atoms with Crippen LogP contribution in [-0.4, -0.2) is 9.78 Å². The summed E-state index contributed by atoms with van der Waals surface area (Å²) in [6.45, 7) is 0. The molecular formula is C11H9N3O. The van der Waals surface area contributed by atoms with Gasteiger partial charge in [0.05, 0.1) is 11.8 Å². The van der Waals surface area contributed by atoms with Crippen molar-refractivity contribution in [3.05, 3.63) is 42.1 Å². The predicted octanol–water partition coefficient (Wildman–Crippen LogP) is 2.08. The summed E-state index contributed by atoms with van der Waals surface area (Å²) < 4.78 is 7.15. The Bertz CT molecular complexity index is 511. The van der Waals surface area contributed by atoms with E-state index in [1.165, 1.54) is 0 Å². The van der Waals surface area contributed by atoms with E-state index in [1.807, 2.05) is 6.07 Å². The minimum Gasteiger partial charge on any atom is -0.438 e. The second kappa shape index (κ2) is 3.84. The van der Waals surface area contributed by atoms with Crippen LogP contribution in [0.25, 0.3) is 0 Å². The summed E-state index contributed by atoms with van der Waals surface area (Å²) in [6, 6.07) is 10.9. The highest BCUT2D eigenvalue weighted by molar-refractivity contribution is 5.44. The van der Waals surface area contributed by atoms with Gasteiger partial charge in [-0.05, 0) is 12.1 Å². The van der Waals surface area contributed by atoms with E-state index in [2.05, 4.69) is 11.2 Å². The normalized spacial score (nSPS) is 9.60. The molecule has 0 bridgehead atoms. The monoisotopic (exact) mass is 199 g/mol. The van der Waals surface area contributed by atoms with E-state index >= 15 is 0 Å². The van der Waals surface area contributed by atoms with Gasteiger partial charge in [0.25, 0.3) is 0 Å². The van der Waals surface area contributed by atoms with Crippen molar-refractivity contribution < 1.29 is 4.74 Å². The van der Waals surface area contributed by atoms with Crippen molar-refractivity contribution in [2.75, 3.05) is 0 Å². The van der Waals surface area contributed by atoms with Gasteiger partial charge in [-0.15, -0.1) is 0 Å². The Morgan fingerprint density at radius 3 is 2.80 bits per heavy atom. The highest BCUT2D eigenvalue weighted by Crippen LogP contribution is 2.23. The molecule has 1 aromatic carbocycles. The number of rotatable bonds is 2. The van der Waals surface area contributed by atoms with E-state index in [9.17, 15) is 0 Å². The SMILES string of the molecule is Cn1nccc1Oc1ccccc1C#N. The lowest BCUT2D eigenvalue weighted by atomic mass is 10.2. The Kier molecular flexibility index (Phi) is 2.38. The first kappa shape index (κ1) is 9.28. The van der Waals surface area contributed by atoms with E-state index in [-0.39, 0.29) is 0 Å². The van der Waals surface area contributed by atoms with Crippen LogP contribution in [0.2, 0.25) is 0 Å². The van der Waals surface area contributed by atoms with Gasteiger partial charge < -0.3 is 4.74 Å². The zero-order valence-corrected chi connectivity index (χ0v) is 8.21. The fourth-order valence-corrected chi connectivity index (χ4v) is 1.22. The maximum atomic E-state index is 8.86. The van der Waals surface area contributed by atoms with E-state index < -0.39 is 0 Å². The lowest BCUT2D eigenvalue weighted by Gasteiger charge is -2.06. The first-order valence-corrected chi connectivity index (χ1v) is 4.46. The summed E-state index contributed by atoms with van der Waals surface area (Å²) >= 11 is 0. The van der Waals surface area contributed by atoms with E-state index in [0.29, 0.717) is 17.2 Å². The molecule has 0 saturated carbocycles. The first-order valence-electron chi connectivity index (χ1n) is 4.46. The summed E-state index contributed by atoms with van der Waals surface area (Å²) in [7, 11) is 1.78. The molecule has 0 atom stereocenters. The van der Waals surface area contributed by atoms with Crippen molar-refractivity contribution in [1.29, 1.82) is 5.26 Å². The van der Waals surface area contributed by atoms with Crippen LogP contribution in [-0.2, 0) is 7.05 Å². The van der Waals surface area contributed by atoms with E-state index in [0.717, 1.165) is 0 Å². The maximum Gasteiger partial charge on any atom is 0.217 e. The largest absolute Gasteiger partial charge is 0.438 e. The molecular weight excluding hydrogens is 190 g/mol. The third-order valence-corrected chi connectivity index (χ3v) is 2.00. The maximum absolute atomic E-state index is 8.86. The minimum atomic E-state index is 0.513. The average Bonchev–Trinajstić information content (AvgIpc) is 2.65. The predicted molar refractivity (Wildman–Crippen MR) is 54.4 cm³/mol. The highest BCUT2D eigenvalue weighted by atomic mass is 16.5. The van der Waals surface area contributed by atoms with Crippen LogP contribution in [0.1, 0.15) is 5.56 Å². The van der Waals surface area contributed by atoms with Gasteiger partial charge in [0.15, 0.2) is 0 Å². The third-order valence-electron chi connectivity index (χ3n) is 2.00. The van der Waals surface area contributed by atoms with Crippen LogP contribution in [0.3, 0.4) is 0 Å².